The lowest BCUT2D eigenvalue weighted by atomic mass is 10.1. The molecule has 0 aliphatic heterocycles. The molecule has 2 aromatic carbocycles. The first kappa shape index (κ1) is 14.5. The van der Waals surface area contributed by atoms with Crippen molar-refractivity contribution in [2.45, 2.75) is 0 Å². The van der Waals surface area contributed by atoms with Gasteiger partial charge in [-0.2, -0.15) is 0 Å². The summed E-state index contributed by atoms with van der Waals surface area (Å²) in [6.07, 6.45) is 0. The number of benzene rings is 2. The average Bonchev–Trinajstić information content (AvgIpc) is 2.55. The molecule has 2 aromatic rings. The van der Waals surface area contributed by atoms with Crippen LogP contribution in [-0.4, -0.2) is 24.6 Å². The maximum atomic E-state index is 11.9. The Balaban J connectivity index is 2.06. The first-order chi connectivity index (χ1) is 10.1. The van der Waals surface area contributed by atoms with Crippen molar-refractivity contribution in [1.29, 1.82) is 0 Å². The average molecular weight is 282 g/mol. The molecule has 106 valence electrons. The van der Waals surface area contributed by atoms with Gasteiger partial charge in [0.2, 0.25) is 0 Å². The molecule has 0 radical (unpaired) electrons. The first-order valence-electron chi connectivity index (χ1n) is 6.34. The maximum absolute atomic E-state index is 11.9. The highest BCUT2D eigenvalue weighted by Crippen LogP contribution is 2.10. The van der Waals surface area contributed by atoms with Crippen LogP contribution in [0, 0.1) is 0 Å². The minimum absolute atomic E-state index is 0.215. The molecular weight excluding hydrogens is 268 g/mol. The number of ketones is 1. The number of nitrogens with one attached hydrogen (secondary N) is 2. The van der Waals surface area contributed by atoms with Crippen LogP contribution in [0.2, 0.25) is 0 Å². The van der Waals surface area contributed by atoms with E-state index in [-0.39, 0.29) is 5.91 Å². The third kappa shape index (κ3) is 3.54. The van der Waals surface area contributed by atoms with E-state index in [1.165, 1.54) is 7.05 Å². The number of hydrogen-bond acceptors (Lipinski definition) is 3. The van der Waals surface area contributed by atoms with Crippen LogP contribution in [0.5, 0.6) is 0 Å². The number of rotatable bonds is 4. The molecule has 5 nitrogen and oxygen atoms in total. The Morgan fingerprint density at radius 1 is 0.810 bits per heavy atom. The molecule has 0 saturated carbocycles. The molecule has 0 aromatic heterocycles. The van der Waals surface area contributed by atoms with Crippen LogP contribution in [0.3, 0.4) is 0 Å². The van der Waals surface area contributed by atoms with Crippen LogP contribution in [0.1, 0.15) is 20.7 Å². The predicted molar refractivity (Wildman–Crippen MR) is 79.2 cm³/mol. The van der Waals surface area contributed by atoms with Crippen LogP contribution in [0.25, 0.3) is 0 Å². The van der Waals surface area contributed by atoms with Crippen LogP contribution >= 0.6 is 0 Å². The molecule has 2 amide bonds. The second-order valence-corrected chi connectivity index (χ2v) is 4.31. The lowest BCUT2D eigenvalue weighted by Crippen LogP contribution is -2.23. The summed E-state index contributed by atoms with van der Waals surface area (Å²) in [5.74, 6) is -1.53. The molecule has 2 rings (SSSR count). The van der Waals surface area contributed by atoms with Crippen LogP contribution in [-0.2, 0) is 4.79 Å². The van der Waals surface area contributed by atoms with Gasteiger partial charge in [0.25, 0.3) is 17.6 Å². The normalized spacial score (nSPS) is 9.76. The summed E-state index contributed by atoms with van der Waals surface area (Å²) in [6, 6.07) is 14.6. The highest BCUT2D eigenvalue weighted by Gasteiger charge is 2.15. The molecule has 0 spiro atoms. The number of hydrogen-bond donors (Lipinski definition) is 2. The summed E-state index contributed by atoms with van der Waals surface area (Å²) in [5.41, 5.74) is 1.26. The minimum atomic E-state index is -0.714. The zero-order valence-corrected chi connectivity index (χ0v) is 11.4. The van der Waals surface area contributed by atoms with Crippen molar-refractivity contribution >= 4 is 23.3 Å². The van der Waals surface area contributed by atoms with E-state index in [1.54, 1.807) is 54.6 Å². The van der Waals surface area contributed by atoms with E-state index >= 15 is 0 Å². The quantitative estimate of drug-likeness (QED) is 0.664. The Labute approximate surface area is 122 Å². The topological polar surface area (TPSA) is 75.3 Å². The van der Waals surface area contributed by atoms with Crippen LogP contribution in [0.4, 0.5) is 5.69 Å². The maximum Gasteiger partial charge on any atom is 0.296 e. The summed E-state index contributed by atoms with van der Waals surface area (Å²) in [5, 5.41) is 5.00. The number of amides is 2. The molecule has 0 aliphatic carbocycles. The van der Waals surface area contributed by atoms with Crippen LogP contribution < -0.4 is 10.6 Å². The van der Waals surface area contributed by atoms with Gasteiger partial charge in [-0.05, 0) is 24.3 Å². The van der Waals surface area contributed by atoms with Gasteiger partial charge in [0.15, 0.2) is 0 Å². The molecule has 2 N–H and O–H groups in total. The van der Waals surface area contributed by atoms with Gasteiger partial charge < -0.3 is 10.6 Å². The molecular formula is C16H14N2O3. The lowest BCUT2D eigenvalue weighted by Gasteiger charge is -2.05. The van der Waals surface area contributed by atoms with Gasteiger partial charge >= 0.3 is 0 Å². The van der Waals surface area contributed by atoms with Crippen LogP contribution in [0.15, 0.2) is 54.6 Å². The second-order valence-electron chi connectivity index (χ2n) is 4.31. The number of anilines is 1. The van der Waals surface area contributed by atoms with Crippen molar-refractivity contribution in [3.63, 3.8) is 0 Å². The van der Waals surface area contributed by atoms with E-state index in [9.17, 15) is 14.4 Å². The molecule has 0 heterocycles. The van der Waals surface area contributed by atoms with E-state index in [2.05, 4.69) is 10.6 Å². The smallest absolute Gasteiger partial charge is 0.296 e. The summed E-state index contributed by atoms with van der Waals surface area (Å²) < 4.78 is 0. The summed E-state index contributed by atoms with van der Waals surface area (Å²) >= 11 is 0. The van der Waals surface area contributed by atoms with E-state index < -0.39 is 11.7 Å². The monoisotopic (exact) mass is 282 g/mol. The Bertz CT molecular complexity index is 664. The summed E-state index contributed by atoms with van der Waals surface area (Å²) in [7, 11) is 1.54. The van der Waals surface area contributed by atoms with Crippen molar-refractivity contribution in [2.24, 2.45) is 0 Å². The van der Waals surface area contributed by atoms with Crippen molar-refractivity contribution in [3.05, 3.63) is 65.7 Å². The SMILES string of the molecule is CNC(=O)c1ccc(NC(=O)C(=O)c2ccccc2)cc1. The van der Waals surface area contributed by atoms with E-state index in [1.807, 2.05) is 0 Å². The van der Waals surface area contributed by atoms with Gasteiger partial charge in [0.1, 0.15) is 0 Å². The molecule has 0 aliphatic rings. The number of Topliss-reactive ketones (excluding diaryl/α,β-unsaturated/α-hetero) is 1. The molecule has 0 saturated heterocycles. The van der Waals surface area contributed by atoms with E-state index in [0.29, 0.717) is 16.8 Å². The lowest BCUT2D eigenvalue weighted by molar-refractivity contribution is -0.112. The molecule has 21 heavy (non-hydrogen) atoms. The molecule has 0 unspecified atom stereocenters. The number of carbonyl (C=O) groups excluding carboxylic acids is 3. The third-order valence-corrected chi connectivity index (χ3v) is 2.87. The Morgan fingerprint density at radius 2 is 1.43 bits per heavy atom. The van der Waals surface area contributed by atoms with Gasteiger partial charge in [-0.15, -0.1) is 0 Å². The van der Waals surface area contributed by atoms with Gasteiger partial charge in [-0.25, -0.2) is 0 Å². The minimum Gasteiger partial charge on any atom is -0.355 e. The Hall–Kier alpha value is -2.95. The Morgan fingerprint density at radius 3 is 2.00 bits per heavy atom. The first-order valence-corrected chi connectivity index (χ1v) is 6.34. The van der Waals surface area contributed by atoms with Gasteiger partial charge in [0.05, 0.1) is 0 Å². The third-order valence-electron chi connectivity index (χ3n) is 2.87. The fourth-order valence-corrected chi connectivity index (χ4v) is 1.76. The van der Waals surface area contributed by atoms with E-state index in [0.717, 1.165) is 0 Å². The highest BCUT2D eigenvalue weighted by molar-refractivity contribution is 6.46. The largest absolute Gasteiger partial charge is 0.355 e. The van der Waals surface area contributed by atoms with Crippen molar-refractivity contribution in [1.82, 2.24) is 5.32 Å². The van der Waals surface area contributed by atoms with Crippen molar-refractivity contribution < 1.29 is 14.4 Å². The molecule has 0 fully saturated rings. The fourth-order valence-electron chi connectivity index (χ4n) is 1.76. The molecule has 5 heteroatoms. The molecule has 0 atom stereocenters. The molecule has 0 bridgehead atoms. The van der Waals surface area contributed by atoms with Gasteiger partial charge in [-0.1, -0.05) is 30.3 Å². The number of carbonyl (C=O) groups is 3. The predicted octanol–water partition coefficient (Wildman–Crippen LogP) is 1.87. The zero-order chi connectivity index (χ0) is 15.2. The van der Waals surface area contributed by atoms with E-state index in [4.69, 9.17) is 0 Å². The standard InChI is InChI=1S/C16H14N2O3/c1-17-15(20)12-7-9-13(10-8-12)18-16(21)14(19)11-5-3-2-4-6-11/h2-10H,1H3,(H,17,20)(H,18,21). The zero-order valence-electron chi connectivity index (χ0n) is 11.4. The Kier molecular flexibility index (Phi) is 4.46. The second kappa shape index (κ2) is 6.47. The van der Waals surface area contributed by atoms with Gasteiger partial charge in [0, 0.05) is 23.9 Å². The summed E-state index contributed by atoms with van der Waals surface area (Å²) in [4.78, 5) is 35.1. The highest BCUT2D eigenvalue weighted by atomic mass is 16.2. The van der Waals surface area contributed by atoms with Crippen molar-refractivity contribution in [2.75, 3.05) is 12.4 Å². The van der Waals surface area contributed by atoms with Crippen molar-refractivity contribution in [3.8, 4) is 0 Å². The fraction of sp³-hybridized carbons (Fsp3) is 0.0625. The van der Waals surface area contributed by atoms with Gasteiger partial charge in [-0.3, -0.25) is 14.4 Å². The summed E-state index contributed by atoms with van der Waals surface area (Å²) in [6.45, 7) is 0.